The van der Waals surface area contributed by atoms with Crippen molar-refractivity contribution in [2.75, 3.05) is 44.7 Å². The van der Waals surface area contributed by atoms with Crippen molar-refractivity contribution in [3.63, 3.8) is 0 Å². The van der Waals surface area contributed by atoms with Crippen molar-refractivity contribution in [1.29, 1.82) is 0 Å². The fourth-order valence-electron chi connectivity index (χ4n) is 3.80. The molecule has 1 aromatic heterocycles. The number of hydrogen-bond acceptors (Lipinski definition) is 5. The van der Waals surface area contributed by atoms with E-state index in [0.717, 1.165) is 43.7 Å². The van der Waals surface area contributed by atoms with E-state index in [4.69, 9.17) is 4.74 Å². The Balaban J connectivity index is 2.20. The Hall–Kier alpha value is -2.34. The van der Waals surface area contributed by atoms with Gasteiger partial charge in [-0.25, -0.2) is 4.79 Å². The molecule has 0 radical (unpaired) electrons. The van der Waals surface area contributed by atoms with Crippen LogP contribution >= 0.6 is 0 Å². The van der Waals surface area contributed by atoms with Crippen LogP contribution in [0.3, 0.4) is 0 Å². The summed E-state index contributed by atoms with van der Waals surface area (Å²) in [5, 5.41) is 0.584. The summed E-state index contributed by atoms with van der Waals surface area (Å²) >= 11 is 0. The molecule has 6 heteroatoms. The summed E-state index contributed by atoms with van der Waals surface area (Å²) in [4.78, 5) is 30.1. The molecule has 0 atom stereocenters. The lowest BCUT2D eigenvalue weighted by Crippen LogP contribution is -2.44. The van der Waals surface area contributed by atoms with Crippen LogP contribution in [0.2, 0.25) is 0 Å². The molecule has 0 bridgehead atoms. The molecule has 2 heterocycles. The van der Waals surface area contributed by atoms with Crippen molar-refractivity contribution in [3.05, 3.63) is 39.2 Å². The van der Waals surface area contributed by atoms with Gasteiger partial charge < -0.3 is 19.1 Å². The topological polar surface area (TPSA) is 54.8 Å². The van der Waals surface area contributed by atoms with E-state index in [1.165, 1.54) is 5.69 Å². The van der Waals surface area contributed by atoms with Crippen LogP contribution in [-0.4, -0.2) is 55.3 Å². The SMILES string of the molecule is CCOC(=O)c1c(C)n(C)c2cc(N3CCN(C)CC3)c(CC)cc2c1=O. The molecule has 1 aliphatic heterocycles. The Morgan fingerprint density at radius 3 is 2.37 bits per heavy atom. The van der Waals surface area contributed by atoms with Gasteiger partial charge in [0.15, 0.2) is 0 Å². The molecule has 0 spiro atoms. The van der Waals surface area contributed by atoms with E-state index in [-0.39, 0.29) is 17.6 Å². The number of esters is 1. The summed E-state index contributed by atoms with van der Waals surface area (Å²) in [5.41, 5.74) is 3.73. The molecule has 1 aliphatic rings. The number of aromatic nitrogens is 1. The Bertz CT molecular complexity index is 925. The monoisotopic (exact) mass is 371 g/mol. The second kappa shape index (κ2) is 7.72. The Labute approximate surface area is 160 Å². The van der Waals surface area contributed by atoms with Gasteiger partial charge in [0, 0.05) is 50.0 Å². The molecule has 1 saturated heterocycles. The molecular formula is C21H29N3O3. The summed E-state index contributed by atoms with van der Waals surface area (Å²) in [7, 11) is 4.04. The lowest BCUT2D eigenvalue weighted by Gasteiger charge is -2.35. The van der Waals surface area contributed by atoms with Crippen LogP contribution in [0.4, 0.5) is 5.69 Å². The summed E-state index contributed by atoms with van der Waals surface area (Å²) in [5.74, 6) is -0.543. The number of aryl methyl sites for hydroxylation is 2. The minimum atomic E-state index is -0.543. The Morgan fingerprint density at radius 2 is 1.78 bits per heavy atom. The van der Waals surface area contributed by atoms with Crippen LogP contribution in [0, 0.1) is 6.92 Å². The first-order chi connectivity index (χ1) is 12.9. The van der Waals surface area contributed by atoms with E-state index < -0.39 is 5.97 Å². The van der Waals surface area contributed by atoms with Crippen LogP contribution < -0.4 is 10.3 Å². The number of hydrogen-bond donors (Lipinski definition) is 0. The maximum Gasteiger partial charge on any atom is 0.343 e. The average Bonchev–Trinajstić information content (AvgIpc) is 2.66. The Kier molecular flexibility index (Phi) is 5.56. The van der Waals surface area contributed by atoms with Crippen molar-refractivity contribution >= 4 is 22.6 Å². The molecule has 6 nitrogen and oxygen atoms in total. The summed E-state index contributed by atoms with van der Waals surface area (Å²) in [6, 6.07) is 4.08. The predicted molar refractivity (Wildman–Crippen MR) is 109 cm³/mol. The quantitative estimate of drug-likeness (QED) is 0.772. The molecular weight excluding hydrogens is 342 g/mol. The van der Waals surface area contributed by atoms with Crippen LogP contribution in [0.1, 0.15) is 35.5 Å². The van der Waals surface area contributed by atoms with Gasteiger partial charge in [-0.1, -0.05) is 6.92 Å². The molecule has 0 N–H and O–H groups in total. The Morgan fingerprint density at radius 1 is 1.11 bits per heavy atom. The highest BCUT2D eigenvalue weighted by molar-refractivity contribution is 5.96. The molecule has 0 unspecified atom stereocenters. The molecule has 3 rings (SSSR count). The maximum absolute atomic E-state index is 13.1. The van der Waals surface area contributed by atoms with Gasteiger partial charge in [-0.05, 0) is 45.0 Å². The summed E-state index contributed by atoms with van der Waals surface area (Å²) in [6.07, 6.45) is 0.837. The van der Waals surface area contributed by atoms with E-state index in [9.17, 15) is 9.59 Å². The van der Waals surface area contributed by atoms with Crippen LogP contribution in [-0.2, 0) is 18.2 Å². The third-order valence-electron chi connectivity index (χ3n) is 5.60. The lowest BCUT2D eigenvalue weighted by atomic mass is 10.0. The number of piperazine rings is 1. The summed E-state index contributed by atoms with van der Waals surface area (Å²) < 4.78 is 7.05. The zero-order valence-electron chi connectivity index (χ0n) is 17.0. The fourth-order valence-corrected chi connectivity index (χ4v) is 3.80. The minimum Gasteiger partial charge on any atom is -0.462 e. The molecule has 1 aromatic carbocycles. The van der Waals surface area contributed by atoms with Gasteiger partial charge in [0.1, 0.15) is 5.56 Å². The van der Waals surface area contributed by atoms with E-state index in [1.54, 1.807) is 13.8 Å². The fraction of sp³-hybridized carbons (Fsp3) is 0.524. The number of nitrogens with zero attached hydrogens (tertiary/aromatic N) is 3. The number of carbonyl (C=O) groups is 1. The smallest absolute Gasteiger partial charge is 0.343 e. The number of pyridine rings is 1. The van der Waals surface area contributed by atoms with Gasteiger partial charge in [0.2, 0.25) is 5.43 Å². The zero-order chi connectivity index (χ0) is 19.7. The largest absolute Gasteiger partial charge is 0.462 e. The lowest BCUT2D eigenvalue weighted by molar-refractivity contribution is 0.0523. The van der Waals surface area contributed by atoms with Crippen molar-refractivity contribution in [2.24, 2.45) is 7.05 Å². The van der Waals surface area contributed by atoms with Gasteiger partial charge in [0.25, 0.3) is 0 Å². The van der Waals surface area contributed by atoms with Crippen LogP contribution in [0.15, 0.2) is 16.9 Å². The van der Waals surface area contributed by atoms with Gasteiger partial charge >= 0.3 is 5.97 Å². The molecule has 0 saturated carbocycles. The number of anilines is 1. The summed E-state index contributed by atoms with van der Waals surface area (Å²) in [6.45, 7) is 9.91. The van der Waals surface area contributed by atoms with E-state index in [0.29, 0.717) is 11.1 Å². The number of fused-ring (bicyclic) bond motifs is 1. The third kappa shape index (κ3) is 3.46. The first-order valence-electron chi connectivity index (χ1n) is 9.65. The average molecular weight is 371 g/mol. The molecule has 0 aliphatic carbocycles. The standard InChI is InChI=1S/C21H29N3O3/c1-6-15-12-16-18(13-17(15)24-10-8-22(4)9-11-24)23(5)14(3)19(20(16)25)21(26)27-7-2/h12-13H,6-11H2,1-5H3. The van der Waals surface area contributed by atoms with Crippen LogP contribution in [0.25, 0.3) is 10.9 Å². The highest BCUT2D eigenvalue weighted by Gasteiger charge is 2.23. The minimum absolute atomic E-state index is 0.140. The molecule has 146 valence electrons. The maximum atomic E-state index is 13.1. The van der Waals surface area contributed by atoms with Gasteiger partial charge in [-0.2, -0.15) is 0 Å². The molecule has 0 amide bonds. The normalized spacial score (nSPS) is 15.4. The van der Waals surface area contributed by atoms with Gasteiger partial charge in [0.05, 0.1) is 12.1 Å². The van der Waals surface area contributed by atoms with Crippen molar-refractivity contribution < 1.29 is 9.53 Å². The van der Waals surface area contributed by atoms with Crippen molar-refractivity contribution in [3.8, 4) is 0 Å². The highest BCUT2D eigenvalue weighted by Crippen LogP contribution is 2.28. The molecule has 27 heavy (non-hydrogen) atoms. The third-order valence-corrected chi connectivity index (χ3v) is 5.60. The second-order valence-electron chi connectivity index (χ2n) is 7.21. The first-order valence-corrected chi connectivity index (χ1v) is 9.65. The van der Waals surface area contributed by atoms with E-state index in [2.05, 4.69) is 29.8 Å². The van der Waals surface area contributed by atoms with Crippen molar-refractivity contribution in [1.82, 2.24) is 9.47 Å². The van der Waals surface area contributed by atoms with Crippen LogP contribution in [0.5, 0.6) is 0 Å². The van der Waals surface area contributed by atoms with Gasteiger partial charge in [-0.3, -0.25) is 4.79 Å². The molecule has 1 fully saturated rings. The first kappa shape index (κ1) is 19.4. The predicted octanol–water partition coefficient (Wildman–Crippen LogP) is 2.34. The molecule has 2 aromatic rings. The number of rotatable bonds is 4. The van der Waals surface area contributed by atoms with E-state index in [1.807, 2.05) is 17.7 Å². The highest BCUT2D eigenvalue weighted by atomic mass is 16.5. The number of carbonyl (C=O) groups excluding carboxylic acids is 1. The number of ether oxygens (including phenoxy) is 1. The van der Waals surface area contributed by atoms with Crippen molar-refractivity contribution in [2.45, 2.75) is 27.2 Å². The number of benzene rings is 1. The zero-order valence-corrected chi connectivity index (χ0v) is 17.0. The van der Waals surface area contributed by atoms with E-state index >= 15 is 0 Å². The van der Waals surface area contributed by atoms with Gasteiger partial charge in [-0.15, -0.1) is 0 Å². The second-order valence-corrected chi connectivity index (χ2v) is 7.21. The number of likely N-dealkylation sites (N-methyl/N-ethyl adjacent to an activating group) is 1.